The molecule has 17 heavy (non-hydrogen) atoms. The van der Waals surface area contributed by atoms with E-state index in [1.165, 1.54) is 12.8 Å². The van der Waals surface area contributed by atoms with E-state index in [0.717, 1.165) is 5.92 Å². The smallest absolute Gasteiger partial charge is 0.138 e. The van der Waals surface area contributed by atoms with E-state index >= 15 is 0 Å². The van der Waals surface area contributed by atoms with Crippen molar-refractivity contribution in [2.75, 3.05) is 0 Å². The predicted octanol–water partition coefficient (Wildman–Crippen LogP) is 4.37. The molecular weight excluding hydrogens is 238 g/mol. The first kappa shape index (κ1) is 14.8. The summed E-state index contributed by atoms with van der Waals surface area (Å²) in [7, 11) is -1.96. The SMILES string of the molecule is CC(C)CC1=C(N([SiH](C)C)[Si](C)(C)C)CC=C1. The molecular formula is C14H29NSi2. The van der Waals surface area contributed by atoms with Gasteiger partial charge in [-0.2, -0.15) is 0 Å². The van der Waals surface area contributed by atoms with Gasteiger partial charge in [-0.05, 0) is 17.9 Å². The summed E-state index contributed by atoms with van der Waals surface area (Å²) in [5, 5.41) is 0. The molecule has 0 aromatic rings. The van der Waals surface area contributed by atoms with Crippen LogP contribution in [0.4, 0.5) is 0 Å². The number of rotatable bonds is 5. The molecule has 0 spiro atoms. The Morgan fingerprint density at radius 3 is 2.29 bits per heavy atom. The standard InChI is InChI=1S/C14H29NSi2/c1-12(2)11-13-9-8-10-14(13)15(16(3)4)17(5,6)7/h8-9,12,16H,10-11H2,1-7H3. The van der Waals surface area contributed by atoms with Gasteiger partial charge in [-0.1, -0.05) is 58.7 Å². The van der Waals surface area contributed by atoms with Crippen LogP contribution in [0.25, 0.3) is 0 Å². The monoisotopic (exact) mass is 267 g/mol. The van der Waals surface area contributed by atoms with Crippen LogP contribution in [0.5, 0.6) is 0 Å². The van der Waals surface area contributed by atoms with Gasteiger partial charge in [0.2, 0.25) is 0 Å². The molecule has 1 aliphatic carbocycles. The molecule has 0 aliphatic heterocycles. The third-order valence-corrected chi connectivity index (χ3v) is 10.1. The van der Waals surface area contributed by atoms with Crippen molar-refractivity contribution in [3.63, 3.8) is 0 Å². The normalized spacial score (nSPS) is 16.5. The van der Waals surface area contributed by atoms with Crippen molar-refractivity contribution in [3.05, 3.63) is 23.4 Å². The zero-order valence-corrected chi connectivity index (χ0v) is 14.8. The first-order chi connectivity index (χ1) is 7.73. The van der Waals surface area contributed by atoms with E-state index < -0.39 is 17.2 Å². The van der Waals surface area contributed by atoms with Gasteiger partial charge in [0.05, 0.1) is 0 Å². The molecule has 0 amide bonds. The zero-order valence-electron chi connectivity index (χ0n) is 12.7. The Morgan fingerprint density at radius 2 is 1.88 bits per heavy atom. The van der Waals surface area contributed by atoms with Crippen LogP contribution in [-0.2, 0) is 0 Å². The summed E-state index contributed by atoms with van der Waals surface area (Å²) < 4.78 is 2.87. The van der Waals surface area contributed by atoms with E-state index in [2.05, 4.69) is 63.0 Å². The summed E-state index contributed by atoms with van der Waals surface area (Å²) in [6, 6.07) is 0. The maximum absolute atomic E-state index is 2.87. The van der Waals surface area contributed by atoms with Gasteiger partial charge in [0, 0.05) is 12.1 Å². The topological polar surface area (TPSA) is 3.24 Å². The van der Waals surface area contributed by atoms with Crippen LogP contribution >= 0.6 is 0 Å². The van der Waals surface area contributed by atoms with E-state index in [0.29, 0.717) is 0 Å². The Balaban J connectivity index is 3.02. The van der Waals surface area contributed by atoms with Crippen LogP contribution < -0.4 is 0 Å². The lowest BCUT2D eigenvalue weighted by molar-refractivity contribution is 0.632. The summed E-state index contributed by atoms with van der Waals surface area (Å²) in [5.74, 6) is 0.764. The molecule has 0 aromatic heterocycles. The molecule has 0 aromatic carbocycles. The van der Waals surface area contributed by atoms with Gasteiger partial charge < -0.3 is 4.23 Å². The molecule has 0 fully saturated rings. The molecule has 0 atom stereocenters. The maximum Gasteiger partial charge on any atom is 0.138 e. The first-order valence-electron chi connectivity index (χ1n) is 6.91. The van der Waals surface area contributed by atoms with Crippen LogP contribution in [0.15, 0.2) is 23.4 Å². The average Bonchev–Trinajstić information content (AvgIpc) is 2.48. The van der Waals surface area contributed by atoms with Crippen molar-refractivity contribution in [1.82, 2.24) is 4.23 Å². The second-order valence-electron chi connectivity index (χ2n) is 6.81. The van der Waals surface area contributed by atoms with Crippen molar-refractivity contribution in [2.24, 2.45) is 5.92 Å². The lowest BCUT2D eigenvalue weighted by Gasteiger charge is -2.42. The molecule has 0 radical (unpaired) electrons. The fourth-order valence-electron chi connectivity index (χ4n) is 2.91. The Kier molecular flexibility index (Phi) is 4.84. The van der Waals surface area contributed by atoms with Crippen LogP contribution in [0, 0.1) is 5.92 Å². The highest BCUT2D eigenvalue weighted by Gasteiger charge is 2.30. The fourth-order valence-corrected chi connectivity index (χ4v) is 11.0. The Bertz CT molecular complexity index is 322. The summed E-state index contributed by atoms with van der Waals surface area (Å²) in [6.07, 6.45) is 7.15. The number of allylic oxidation sites excluding steroid dienone is 3. The highest BCUT2D eigenvalue weighted by Crippen LogP contribution is 2.31. The van der Waals surface area contributed by atoms with Gasteiger partial charge in [0.25, 0.3) is 0 Å². The van der Waals surface area contributed by atoms with Crippen LogP contribution in [-0.4, -0.2) is 21.4 Å². The van der Waals surface area contributed by atoms with Gasteiger partial charge in [-0.3, -0.25) is 0 Å². The molecule has 1 rings (SSSR count). The van der Waals surface area contributed by atoms with Gasteiger partial charge in [0.15, 0.2) is 0 Å². The predicted molar refractivity (Wildman–Crippen MR) is 84.3 cm³/mol. The number of hydrogen-bond acceptors (Lipinski definition) is 1. The molecule has 0 N–H and O–H groups in total. The first-order valence-corrected chi connectivity index (χ1v) is 13.2. The van der Waals surface area contributed by atoms with Crippen LogP contribution in [0.1, 0.15) is 26.7 Å². The summed E-state index contributed by atoms with van der Waals surface area (Å²) in [4.78, 5) is 0. The fraction of sp³-hybridized carbons (Fsp3) is 0.714. The maximum atomic E-state index is 2.87. The molecule has 1 aliphatic rings. The van der Waals surface area contributed by atoms with Gasteiger partial charge in [-0.15, -0.1) is 0 Å². The van der Waals surface area contributed by atoms with E-state index in [-0.39, 0.29) is 0 Å². The van der Waals surface area contributed by atoms with Crippen LogP contribution in [0.2, 0.25) is 32.7 Å². The number of nitrogens with zero attached hydrogens (tertiary/aromatic N) is 1. The lowest BCUT2D eigenvalue weighted by Crippen LogP contribution is -2.51. The summed E-state index contributed by atoms with van der Waals surface area (Å²) in [6.45, 7) is 17.0. The highest BCUT2D eigenvalue weighted by molar-refractivity contribution is 6.83. The Hall–Kier alpha value is -0.286. The third kappa shape index (κ3) is 3.85. The van der Waals surface area contributed by atoms with Crippen molar-refractivity contribution in [1.29, 1.82) is 0 Å². The van der Waals surface area contributed by atoms with Gasteiger partial charge in [0.1, 0.15) is 17.2 Å². The second-order valence-corrected chi connectivity index (χ2v) is 14.9. The average molecular weight is 268 g/mol. The van der Waals surface area contributed by atoms with Crippen molar-refractivity contribution in [3.8, 4) is 0 Å². The minimum Gasteiger partial charge on any atom is -0.430 e. The van der Waals surface area contributed by atoms with E-state index in [9.17, 15) is 0 Å². The Labute approximate surface area is 110 Å². The number of hydrogen-bond donors (Lipinski definition) is 0. The van der Waals surface area contributed by atoms with Gasteiger partial charge in [-0.25, -0.2) is 0 Å². The third-order valence-electron chi connectivity index (χ3n) is 3.16. The Morgan fingerprint density at radius 1 is 1.29 bits per heavy atom. The quantitative estimate of drug-likeness (QED) is 0.669. The van der Waals surface area contributed by atoms with Crippen molar-refractivity contribution < 1.29 is 0 Å². The van der Waals surface area contributed by atoms with Gasteiger partial charge >= 0.3 is 0 Å². The van der Waals surface area contributed by atoms with E-state index in [1.807, 2.05) is 0 Å². The highest BCUT2D eigenvalue weighted by atomic mass is 28.4. The van der Waals surface area contributed by atoms with E-state index in [4.69, 9.17) is 0 Å². The molecule has 1 nitrogen and oxygen atoms in total. The molecule has 0 saturated carbocycles. The zero-order chi connectivity index (χ0) is 13.2. The molecule has 0 unspecified atom stereocenters. The lowest BCUT2D eigenvalue weighted by atomic mass is 10.0. The molecule has 0 bridgehead atoms. The summed E-state index contributed by atoms with van der Waals surface area (Å²) in [5.41, 5.74) is 3.28. The van der Waals surface area contributed by atoms with Crippen molar-refractivity contribution in [2.45, 2.75) is 59.4 Å². The minimum absolute atomic E-state index is 0.750. The molecule has 98 valence electrons. The molecule has 0 saturated heterocycles. The molecule has 3 heteroatoms. The van der Waals surface area contributed by atoms with Crippen LogP contribution in [0.3, 0.4) is 0 Å². The largest absolute Gasteiger partial charge is 0.430 e. The second kappa shape index (κ2) is 5.57. The van der Waals surface area contributed by atoms with Crippen molar-refractivity contribution >= 4 is 17.2 Å². The van der Waals surface area contributed by atoms with E-state index in [1.54, 1.807) is 11.3 Å². The summed E-state index contributed by atoms with van der Waals surface area (Å²) >= 11 is 0. The molecule has 0 heterocycles. The minimum atomic E-state index is -1.21.